The molecule has 1 N–H and O–H groups in total. The third kappa shape index (κ3) is 4.56. The minimum atomic E-state index is -3.73. The number of hydrogen-bond donors (Lipinski definition) is 1. The van der Waals surface area contributed by atoms with Gasteiger partial charge in [-0.3, -0.25) is 0 Å². The first-order chi connectivity index (χ1) is 11.3. The molecule has 2 aromatic carbocycles. The molecule has 0 spiro atoms. The molecule has 0 atom stereocenters. The average Bonchev–Trinajstić information content (AvgIpc) is 2.54. The van der Waals surface area contributed by atoms with E-state index in [2.05, 4.69) is 9.46 Å². The van der Waals surface area contributed by atoms with E-state index in [1.165, 1.54) is 19.2 Å². The van der Waals surface area contributed by atoms with Crippen LogP contribution in [0.3, 0.4) is 0 Å². The highest BCUT2D eigenvalue weighted by Gasteiger charge is 2.19. The number of methoxy groups -OCH3 is 1. The number of carbonyl (C=O) groups excluding carboxylic acids is 1. The Morgan fingerprint density at radius 3 is 2.62 bits per heavy atom. The molecule has 0 aliphatic rings. The largest absolute Gasteiger partial charge is 0.465 e. The molecule has 128 valence electrons. The van der Waals surface area contributed by atoms with E-state index in [4.69, 9.17) is 11.6 Å². The maximum atomic E-state index is 12.5. The van der Waals surface area contributed by atoms with Gasteiger partial charge in [-0.25, -0.2) is 17.9 Å². The van der Waals surface area contributed by atoms with Crippen molar-refractivity contribution in [1.29, 1.82) is 0 Å². The smallest absolute Gasteiger partial charge is 0.337 e. The summed E-state index contributed by atoms with van der Waals surface area (Å²) >= 11 is 5.91. The lowest BCUT2D eigenvalue weighted by Crippen LogP contribution is -2.27. The number of hydrogen-bond acceptors (Lipinski definition) is 4. The van der Waals surface area contributed by atoms with Crippen molar-refractivity contribution in [3.63, 3.8) is 0 Å². The van der Waals surface area contributed by atoms with E-state index in [9.17, 15) is 13.2 Å². The molecule has 0 bridgehead atoms. The lowest BCUT2D eigenvalue weighted by Gasteiger charge is -2.11. The molecule has 2 aromatic rings. The SMILES string of the molecule is COC(=O)c1ccc(C)c(S(=O)(=O)NCCc2cccc(Cl)c2)c1. The van der Waals surface area contributed by atoms with Gasteiger partial charge in [0.1, 0.15) is 0 Å². The summed E-state index contributed by atoms with van der Waals surface area (Å²) in [6.07, 6.45) is 0.509. The van der Waals surface area contributed by atoms with Gasteiger partial charge in [-0.15, -0.1) is 0 Å². The summed E-state index contributed by atoms with van der Waals surface area (Å²) in [6, 6.07) is 11.7. The van der Waals surface area contributed by atoms with Crippen LogP contribution >= 0.6 is 11.6 Å². The van der Waals surface area contributed by atoms with Crippen molar-refractivity contribution in [2.45, 2.75) is 18.2 Å². The first-order valence-corrected chi connectivity index (χ1v) is 9.12. The molecule has 0 saturated carbocycles. The number of sulfonamides is 1. The molecule has 0 saturated heterocycles. The van der Waals surface area contributed by atoms with Gasteiger partial charge >= 0.3 is 5.97 Å². The van der Waals surface area contributed by atoms with Crippen molar-refractivity contribution in [1.82, 2.24) is 4.72 Å². The molecule has 7 heteroatoms. The van der Waals surface area contributed by atoms with Crippen molar-refractivity contribution in [2.24, 2.45) is 0 Å². The predicted octanol–water partition coefficient (Wildman–Crippen LogP) is 2.96. The van der Waals surface area contributed by atoms with Gasteiger partial charge in [0, 0.05) is 11.6 Å². The van der Waals surface area contributed by atoms with Gasteiger partial charge in [-0.1, -0.05) is 29.8 Å². The van der Waals surface area contributed by atoms with Gasteiger partial charge in [-0.2, -0.15) is 0 Å². The number of halogens is 1. The summed E-state index contributed by atoms with van der Waals surface area (Å²) in [6.45, 7) is 1.90. The maximum absolute atomic E-state index is 12.5. The minimum absolute atomic E-state index is 0.0662. The van der Waals surface area contributed by atoms with Crippen LogP contribution in [0.25, 0.3) is 0 Å². The molecule has 24 heavy (non-hydrogen) atoms. The molecule has 2 rings (SSSR count). The van der Waals surface area contributed by atoms with Crippen LogP contribution in [0.5, 0.6) is 0 Å². The standard InChI is InChI=1S/C17H18ClNO4S/c1-12-6-7-14(17(20)23-2)11-16(12)24(21,22)19-9-8-13-4-3-5-15(18)10-13/h3-7,10-11,19H,8-9H2,1-2H3. The Balaban J connectivity index is 2.13. The van der Waals surface area contributed by atoms with Crippen LogP contribution in [-0.4, -0.2) is 28.0 Å². The van der Waals surface area contributed by atoms with Gasteiger partial charge in [0.05, 0.1) is 17.6 Å². The van der Waals surface area contributed by atoms with Crippen molar-refractivity contribution in [2.75, 3.05) is 13.7 Å². The van der Waals surface area contributed by atoms with Gasteiger partial charge in [0.25, 0.3) is 0 Å². The molecule has 0 heterocycles. The van der Waals surface area contributed by atoms with Crippen LogP contribution in [0, 0.1) is 6.92 Å². The Labute approximate surface area is 146 Å². The summed E-state index contributed by atoms with van der Waals surface area (Å²) in [7, 11) is -2.48. The van der Waals surface area contributed by atoms with Gasteiger partial charge in [0.15, 0.2) is 0 Å². The Morgan fingerprint density at radius 2 is 1.96 bits per heavy atom. The molecule has 0 aliphatic carbocycles. The van der Waals surface area contributed by atoms with Gasteiger partial charge in [-0.05, 0) is 48.7 Å². The zero-order valence-corrected chi connectivity index (χ0v) is 14.9. The van der Waals surface area contributed by atoms with Crippen molar-refractivity contribution in [3.8, 4) is 0 Å². The summed E-state index contributed by atoms with van der Waals surface area (Å²) in [5.74, 6) is -0.578. The number of nitrogens with one attached hydrogen (secondary N) is 1. The van der Waals surface area contributed by atoms with Crippen LogP contribution in [0.15, 0.2) is 47.4 Å². The number of benzene rings is 2. The summed E-state index contributed by atoms with van der Waals surface area (Å²) in [5.41, 5.74) is 1.68. The Bertz CT molecular complexity index is 849. The van der Waals surface area contributed by atoms with Crippen molar-refractivity contribution in [3.05, 3.63) is 64.2 Å². The normalized spacial score (nSPS) is 11.3. The van der Waals surface area contributed by atoms with Crippen molar-refractivity contribution < 1.29 is 17.9 Å². The molecule has 0 fully saturated rings. The summed E-state index contributed by atoms with van der Waals surface area (Å²) in [5, 5.41) is 0.608. The Hall–Kier alpha value is -1.89. The monoisotopic (exact) mass is 367 g/mol. The minimum Gasteiger partial charge on any atom is -0.465 e. The third-order valence-corrected chi connectivity index (χ3v) is 5.33. The van der Waals surface area contributed by atoms with E-state index in [0.29, 0.717) is 17.0 Å². The quantitative estimate of drug-likeness (QED) is 0.797. The van der Waals surface area contributed by atoms with E-state index in [-0.39, 0.29) is 17.0 Å². The lowest BCUT2D eigenvalue weighted by atomic mass is 10.1. The molecule has 0 amide bonds. The molecular weight excluding hydrogens is 350 g/mol. The van der Waals surface area contributed by atoms with Gasteiger partial charge < -0.3 is 4.74 Å². The predicted molar refractivity (Wildman–Crippen MR) is 92.9 cm³/mol. The number of rotatable bonds is 6. The first kappa shape index (κ1) is 18.4. The van der Waals surface area contributed by atoms with Crippen LogP contribution in [-0.2, 0) is 21.2 Å². The molecule has 0 unspecified atom stereocenters. The van der Waals surface area contributed by atoms with E-state index >= 15 is 0 Å². The number of carbonyl (C=O) groups is 1. The fourth-order valence-electron chi connectivity index (χ4n) is 2.23. The second kappa shape index (κ2) is 7.79. The summed E-state index contributed by atoms with van der Waals surface area (Å²) in [4.78, 5) is 11.7. The third-order valence-electron chi connectivity index (χ3n) is 3.49. The molecule has 0 radical (unpaired) electrons. The second-order valence-electron chi connectivity index (χ2n) is 5.25. The van der Waals surface area contributed by atoms with Crippen molar-refractivity contribution >= 4 is 27.6 Å². The molecular formula is C17H18ClNO4S. The Morgan fingerprint density at radius 1 is 1.21 bits per heavy atom. The number of ether oxygens (including phenoxy) is 1. The summed E-state index contributed by atoms with van der Waals surface area (Å²) < 4.78 is 32.1. The van der Waals surface area contributed by atoms with Crippen LogP contribution < -0.4 is 4.72 Å². The average molecular weight is 368 g/mol. The highest BCUT2D eigenvalue weighted by Crippen LogP contribution is 2.18. The van der Waals surface area contributed by atoms with Crippen LogP contribution in [0.2, 0.25) is 5.02 Å². The van der Waals surface area contributed by atoms with E-state index < -0.39 is 16.0 Å². The molecule has 0 aliphatic heterocycles. The fourth-order valence-corrected chi connectivity index (χ4v) is 3.75. The second-order valence-corrected chi connectivity index (χ2v) is 7.42. The van der Waals surface area contributed by atoms with E-state index in [0.717, 1.165) is 5.56 Å². The lowest BCUT2D eigenvalue weighted by molar-refractivity contribution is 0.0600. The van der Waals surface area contributed by atoms with Crippen LogP contribution in [0.4, 0.5) is 0 Å². The first-order valence-electron chi connectivity index (χ1n) is 7.26. The highest BCUT2D eigenvalue weighted by molar-refractivity contribution is 7.89. The number of aryl methyl sites for hydroxylation is 1. The zero-order chi connectivity index (χ0) is 17.7. The topological polar surface area (TPSA) is 72.5 Å². The fraction of sp³-hybridized carbons (Fsp3) is 0.235. The van der Waals surface area contributed by atoms with Crippen LogP contribution in [0.1, 0.15) is 21.5 Å². The number of esters is 1. The Kier molecular flexibility index (Phi) is 5.99. The van der Waals surface area contributed by atoms with Gasteiger partial charge in [0.2, 0.25) is 10.0 Å². The van der Waals surface area contributed by atoms with E-state index in [1.54, 1.807) is 25.1 Å². The highest BCUT2D eigenvalue weighted by atomic mass is 35.5. The maximum Gasteiger partial charge on any atom is 0.337 e. The molecule has 0 aromatic heterocycles. The zero-order valence-electron chi connectivity index (χ0n) is 13.4. The molecule has 5 nitrogen and oxygen atoms in total. The van der Waals surface area contributed by atoms with E-state index in [1.807, 2.05) is 12.1 Å².